The van der Waals surface area contributed by atoms with Gasteiger partial charge < -0.3 is 33.7 Å². The number of fused-ring (bicyclic) bond motifs is 1. The van der Waals surface area contributed by atoms with E-state index in [1.165, 1.54) is 0 Å². The molecule has 0 aliphatic carbocycles. The van der Waals surface area contributed by atoms with Crippen LogP contribution >= 0.6 is 0 Å². The molecule has 0 bridgehead atoms. The molecule has 0 radical (unpaired) electrons. The van der Waals surface area contributed by atoms with E-state index in [-0.39, 0.29) is 30.5 Å². The van der Waals surface area contributed by atoms with Gasteiger partial charge >= 0.3 is 11.9 Å². The molecule has 9 nitrogen and oxygen atoms in total. The second-order valence-electron chi connectivity index (χ2n) is 7.25. The van der Waals surface area contributed by atoms with Crippen LogP contribution in [-0.2, 0) is 38.0 Å². The van der Waals surface area contributed by atoms with Crippen LogP contribution in [0.3, 0.4) is 0 Å². The lowest BCUT2D eigenvalue weighted by atomic mass is 10.00. The van der Waals surface area contributed by atoms with Gasteiger partial charge in [0.2, 0.25) is 0 Å². The van der Waals surface area contributed by atoms with E-state index in [2.05, 4.69) is 5.32 Å². The van der Waals surface area contributed by atoms with Gasteiger partial charge in [-0.3, -0.25) is 9.59 Å². The molecular formula is C19H33NO8. The van der Waals surface area contributed by atoms with Crippen LogP contribution in [-0.4, -0.2) is 75.2 Å². The van der Waals surface area contributed by atoms with Gasteiger partial charge in [0, 0.05) is 19.6 Å². The van der Waals surface area contributed by atoms with E-state index in [0.717, 1.165) is 0 Å². The molecule has 0 aromatic carbocycles. The Kier molecular flexibility index (Phi) is 8.63. The Morgan fingerprint density at radius 2 is 1.79 bits per heavy atom. The van der Waals surface area contributed by atoms with E-state index in [1.807, 2.05) is 13.8 Å². The third-order valence-electron chi connectivity index (χ3n) is 4.66. The van der Waals surface area contributed by atoms with Crippen LogP contribution in [0.2, 0.25) is 0 Å². The van der Waals surface area contributed by atoms with Crippen molar-refractivity contribution in [3.05, 3.63) is 0 Å². The van der Waals surface area contributed by atoms with Crippen molar-refractivity contribution < 1.29 is 38.0 Å². The molecule has 0 aromatic heterocycles. The second-order valence-corrected chi connectivity index (χ2v) is 7.25. The van der Waals surface area contributed by atoms with Crippen LogP contribution in [0, 0.1) is 0 Å². The smallest absolute Gasteiger partial charge is 0.307 e. The highest BCUT2D eigenvalue weighted by Gasteiger charge is 2.56. The molecule has 5 atom stereocenters. The number of carbonyl (C=O) groups is 2. The van der Waals surface area contributed by atoms with Gasteiger partial charge in [-0.2, -0.15) is 0 Å². The molecule has 2 fully saturated rings. The molecule has 162 valence electrons. The second kappa shape index (κ2) is 10.5. The highest BCUT2D eigenvalue weighted by molar-refractivity contribution is 5.70. The molecule has 9 heteroatoms. The summed E-state index contributed by atoms with van der Waals surface area (Å²) in [6, 6.07) is -0.368. The predicted molar refractivity (Wildman–Crippen MR) is 98.4 cm³/mol. The van der Waals surface area contributed by atoms with Crippen LogP contribution in [0.25, 0.3) is 0 Å². The van der Waals surface area contributed by atoms with Crippen LogP contribution in [0.1, 0.15) is 47.0 Å². The molecule has 2 aliphatic heterocycles. The fourth-order valence-corrected chi connectivity index (χ4v) is 3.55. The quantitative estimate of drug-likeness (QED) is 0.402. The van der Waals surface area contributed by atoms with Gasteiger partial charge in [0.1, 0.15) is 18.3 Å². The highest BCUT2D eigenvalue weighted by atomic mass is 16.8. The molecule has 0 spiro atoms. The number of hydrogen-bond acceptors (Lipinski definition) is 9. The van der Waals surface area contributed by atoms with E-state index < -0.39 is 24.3 Å². The maximum atomic E-state index is 12.1. The third-order valence-corrected chi connectivity index (χ3v) is 4.66. The molecule has 2 aliphatic rings. The topological polar surface area (TPSA) is 102 Å². The minimum absolute atomic E-state index is 0.112. The van der Waals surface area contributed by atoms with E-state index in [9.17, 15) is 9.59 Å². The maximum absolute atomic E-state index is 12.1. The summed E-state index contributed by atoms with van der Waals surface area (Å²) in [5, 5.41) is 3.30. The summed E-state index contributed by atoms with van der Waals surface area (Å²) < 4.78 is 33.4. The maximum Gasteiger partial charge on any atom is 0.307 e. The van der Waals surface area contributed by atoms with Crippen molar-refractivity contribution in [2.45, 2.75) is 83.4 Å². The summed E-state index contributed by atoms with van der Waals surface area (Å²) in [6.45, 7) is 8.36. The van der Waals surface area contributed by atoms with Crippen molar-refractivity contribution in [1.82, 2.24) is 5.32 Å². The molecule has 2 saturated heterocycles. The summed E-state index contributed by atoms with van der Waals surface area (Å²) in [5.74, 6) is -1.32. The number of methoxy groups -OCH3 is 1. The van der Waals surface area contributed by atoms with Gasteiger partial charge in [-0.1, -0.05) is 0 Å². The van der Waals surface area contributed by atoms with Crippen molar-refractivity contribution in [2.24, 2.45) is 0 Å². The Bertz CT molecular complexity index is 526. The molecule has 2 rings (SSSR count). The Balaban J connectivity index is 1.98. The lowest BCUT2D eigenvalue weighted by Gasteiger charge is -2.30. The zero-order valence-electron chi connectivity index (χ0n) is 17.4. The largest absolute Gasteiger partial charge is 0.466 e. The van der Waals surface area contributed by atoms with E-state index in [1.54, 1.807) is 21.0 Å². The molecule has 0 aromatic rings. The summed E-state index contributed by atoms with van der Waals surface area (Å²) in [4.78, 5) is 23.6. The van der Waals surface area contributed by atoms with Crippen molar-refractivity contribution >= 4 is 11.9 Å². The monoisotopic (exact) mass is 403 g/mol. The van der Waals surface area contributed by atoms with Gasteiger partial charge in [-0.05, 0) is 40.7 Å². The number of nitrogens with one attached hydrogen (secondary N) is 1. The van der Waals surface area contributed by atoms with Gasteiger partial charge in [0.25, 0.3) is 0 Å². The molecule has 0 amide bonds. The third kappa shape index (κ3) is 6.12. The van der Waals surface area contributed by atoms with E-state index in [4.69, 9.17) is 28.4 Å². The van der Waals surface area contributed by atoms with Gasteiger partial charge in [-0.25, -0.2) is 0 Å². The number of ether oxygens (including phenoxy) is 6. The van der Waals surface area contributed by atoms with Gasteiger partial charge in [0.05, 0.1) is 19.6 Å². The zero-order valence-corrected chi connectivity index (χ0v) is 17.4. The van der Waals surface area contributed by atoms with Crippen LogP contribution in [0.15, 0.2) is 0 Å². The zero-order chi connectivity index (χ0) is 20.7. The first-order chi connectivity index (χ1) is 13.3. The highest BCUT2D eigenvalue weighted by Crippen LogP contribution is 2.39. The van der Waals surface area contributed by atoms with Gasteiger partial charge in [-0.15, -0.1) is 0 Å². The molecular weight excluding hydrogens is 370 g/mol. The summed E-state index contributed by atoms with van der Waals surface area (Å²) >= 11 is 0. The average Bonchev–Trinajstić information content (AvgIpc) is 3.09. The van der Waals surface area contributed by atoms with E-state index >= 15 is 0 Å². The number of rotatable bonds is 11. The predicted octanol–water partition coefficient (Wildman–Crippen LogP) is 1.13. The normalized spacial score (nSPS) is 29.3. The number of esters is 2. The van der Waals surface area contributed by atoms with Crippen molar-refractivity contribution in [2.75, 3.05) is 26.9 Å². The van der Waals surface area contributed by atoms with Crippen LogP contribution < -0.4 is 5.32 Å². The minimum atomic E-state index is -0.749. The fraction of sp³-hybridized carbons (Fsp3) is 0.895. The molecule has 0 saturated carbocycles. The number of carbonyl (C=O) groups excluding carboxylic acids is 2. The first kappa shape index (κ1) is 23.0. The summed E-state index contributed by atoms with van der Waals surface area (Å²) in [5.41, 5.74) is 0. The lowest BCUT2D eigenvalue weighted by Crippen LogP contribution is -2.49. The minimum Gasteiger partial charge on any atom is -0.466 e. The first-order valence-corrected chi connectivity index (χ1v) is 9.89. The number of hydrogen-bond donors (Lipinski definition) is 1. The average molecular weight is 403 g/mol. The van der Waals surface area contributed by atoms with Gasteiger partial charge in [0.15, 0.2) is 12.1 Å². The van der Waals surface area contributed by atoms with E-state index in [0.29, 0.717) is 32.6 Å². The molecule has 2 heterocycles. The SMILES string of the molecule is CCOC(=O)CCCNC(CC(=O)OCC)[C@H]1O[C@@H]2OC(C)(C)O[C@@H]2[C@H]1OC. The molecule has 1 unspecified atom stereocenters. The van der Waals surface area contributed by atoms with Crippen molar-refractivity contribution in [1.29, 1.82) is 0 Å². The fourth-order valence-electron chi connectivity index (χ4n) is 3.55. The van der Waals surface area contributed by atoms with Crippen molar-refractivity contribution in [3.8, 4) is 0 Å². The van der Waals surface area contributed by atoms with Crippen LogP contribution in [0.4, 0.5) is 0 Å². The Labute approximate surface area is 166 Å². The lowest BCUT2D eigenvalue weighted by molar-refractivity contribution is -0.220. The van der Waals surface area contributed by atoms with Crippen molar-refractivity contribution in [3.63, 3.8) is 0 Å². The summed E-state index contributed by atoms with van der Waals surface area (Å²) in [6.07, 6.45) is -0.799. The standard InChI is InChI=1S/C19H33NO8/c1-6-24-13(21)9-8-10-20-12(11-14(22)25-7-2)15-16(23-5)17-18(26-15)28-19(3,4)27-17/h12,15-18,20H,6-11H2,1-5H3/t12?,15-,16+,17-,18-/m1/s1. The molecule has 28 heavy (non-hydrogen) atoms. The first-order valence-electron chi connectivity index (χ1n) is 9.89. The Hall–Kier alpha value is -1.26. The van der Waals surface area contributed by atoms with Crippen LogP contribution in [0.5, 0.6) is 0 Å². The Morgan fingerprint density at radius 3 is 2.43 bits per heavy atom. The summed E-state index contributed by atoms with van der Waals surface area (Å²) in [7, 11) is 1.58. The Morgan fingerprint density at radius 1 is 1.11 bits per heavy atom. The molecule has 1 N–H and O–H groups in total.